The number of aldehydes is 1. The molecule has 0 aromatic heterocycles. The van der Waals surface area contributed by atoms with Crippen molar-refractivity contribution in [2.45, 2.75) is 32.1 Å². The fraction of sp³-hybridized carbons (Fsp3) is 0.750. The van der Waals surface area contributed by atoms with Gasteiger partial charge in [-0.25, -0.2) is 0 Å². The summed E-state index contributed by atoms with van der Waals surface area (Å²) < 4.78 is 0. The highest BCUT2D eigenvalue weighted by atomic mass is 16.1. The molecule has 0 bridgehead atoms. The van der Waals surface area contributed by atoms with Crippen LogP contribution in [0.4, 0.5) is 0 Å². The number of carbonyl (C=O) groups excluding carboxylic acids is 2. The molecule has 0 atom stereocenters. The Morgan fingerprint density at radius 2 is 1.60 bits per heavy atom. The number of carbonyl (C=O) groups is 2. The van der Waals surface area contributed by atoms with E-state index in [-0.39, 0.29) is 0 Å². The molecule has 2 heteroatoms. The van der Waals surface area contributed by atoms with Crippen molar-refractivity contribution in [1.29, 1.82) is 0 Å². The van der Waals surface area contributed by atoms with Crippen molar-refractivity contribution >= 4 is 13.1 Å². The second-order valence-electron chi connectivity index (χ2n) is 2.53. The Bertz CT molecular complexity index is 85.3. The van der Waals surface area contributed by atoms with Gasteiger partial charge in [-0.3, -0.25) is 0 Å². The molecule has 0 saturated heterocycles. The van der Waals surface area contributed by atoms with Gasteiger partial charge < -0.3 is 9.59 Å². The fourth-order valence-corrected chi connectivity index (χ4v) is 1.27. The lowest BCUT2D eigenvalue weighted by molar-refractivity contribution is -0.111. The summed E-state index contributed by atoms with van der Waals surface area (Å²) in [7, 11) is 0. The van der Waals surface area contributed by atoms with Crippen LogP contribution in [0, 0.1) is 5.92 Å². The maximum absolute atomic E-state index is 10.2. The lowest BCUT2D eigenvalue weighted by Crippen LogP contribution is -2.06. The molecule has 0 N–H and O–H groups in total. The first-order valence-corrected chi connectivity index (χ1v) is 3.67. The predicted octanol–water partition coefficient (Wildman–Crippen LogP) is 1.58. The maximum atomic E-state index is 10.2. The van der Waals surface area contributed by atoms with Crippen molar-refractivity contribution in [1.82, 2.24) is 0 Å². The largest absolute Gasteiger partial charge is 0.307 e. The summed E-state index contributed by atoms with van der Waals surface area (Å²) in [5, 5.41) is 0. The Hall–Kier alpha value is -0.660. The summed E-state index contributed by atoms with van der Waals surface area (Å²) in [5.41, 5.74) is 0. The molecule has 1 aliphatic rings. The normalized spacial score (nSPS) is 18.8. The van der Waals surface area contributed by atoms with Gasteiger partial charge >= 0.3 is 0 Å². The van der Waals surface area contributed by atoms with Gasteiger partial charge in [-0.1, -0.05) is 19.3 Å². The van der Waals surface area contributed by atoms with E-state index in [0.717, 1.165) is 19.1 Å². The first-order chi connectivity index (χ1) is 4.93. The van der Waals surface area contributed by atoms with E-state index in [9.17, 15) is 4.79 Å². The van der Waals surface area contributed by atoms with Gasteiger partial charge in [0, 0.05) is 5.92 Å². The van der Waals surface area contributed by atoms with E-state index in [1.165, 1.54) is 19.3 Å². The Balaban J connectivity index is 0.000000371. The lowest BCUT2D eigenvalue weighted by atomic mass is 9.91. The van der Waals surface area contributed by atoms with Gasteiger partial charge in [0.15, 0.2) is 0 Å². The van der Waals surface area contributed by atoms with E-state index < -0.39 is 0 Å². The lowest BCUT2D eigenvalue weighted by Gasteiger charge is -2.14. The van der Waals surface area contributed by atoms with Crippen LogP contribution < -0.4 is 0 Å². The van der Waals surface area contributed by atoms with Gasteiger partial charge in [-0.05, 0) is 12.8 Å². The monoisotopic (exact) mass is 142 g/mol. The molecule has 0 radical (unpaired) electrons. The topological polar surface area (TPSA) is 34.1 Å². The second kappa shape index (κ2) is 6.46. The third-order valence-electron chi connectivity index (χ3n) is 1.84. The zero-order valence-corrected chi connectivity index (χ0v) is 6.21. The third-order valence-corrected chi connectivity index (χ3v) is 1.84. The average Bonchev–Trinajstić information content (AvgIpc) is 2.10. The highest BCUT2D eigenvalue weighted by Gasteiger charge is 2.10. The number of hydrogen-bond acceptors (Lipinski definition) is 2. The third kappa shape index (κ3) is 3.38. The van der Waals surface area contributed by atoms with Crippen LogP contribution in [0.15, 0.2) is 0 Å². The van der Waals surface area contributed by atoms with E-state index in [0.29, 0.717) is 5.92 Å². The Labute approximate surface area is 61.6 Å². The standard InChI is InChI=1S/C7H12O.CH2O/c8-6-7-4-2-1-3-5-7;1-2/h6-7H,1-5H2;1H2. The van der Waals surface area contributed by atoms with Crippen LogP contribution in [0.5, 0.6) is 0 Å². The Morgan fingerprint density at radius 3 is 1.90 bits per heavy atom. The van der Waals surface area contributed by atoms with Crippen molar-refractivity contribution in [3.63, 3.8) is 0 Å². The molecule has 0 aromatic carbocycles. The van der Waals surface area contributed by atoms with E-state index >= 15 is 0 Å². The summed E-state index contributed by atoms with van der Waals surface area (Å²) in [6.07, 6.45) is 7.27. The van der Waals surface area contributed by atoms with Crippen LogP contribution in [0.1, 0.15) is 32.1 Å². The van der Waals surface area contributed by atoms with E-state index in [2.05, 4.69) is 0 Å². The zero-order valence-electron chi connectivity index (χ0n) is 6.21. The van der Waals surface area contributed by atoms with Crippen LogP contribution in [-0.2, 0) is 9.59 Å². The van der Waals surface area contributed by atoms with Gasteiger partial charge in [0.2, 0.25) is 0 Å². The molecule has 0 unspecified atom stereocenters. The fourth-order valence-electron chi connectivity index (χ4n) is 1.27. The second-order valence-corrected chi connectivity index (χ2v) is 2.53. The van der Waals surface area contributed by atoms with Crippen molar-refractivity contribution in [2.24, 2.45) is 5.92 Å². The molecule has 1 aliphatic carbocycles. The smallest absolute Gasteiger partial charge is 0.123 e. The van der Waals surface area contributed by atoms with Crippen LogP contribution in [0.2, 0.25) is 0 Å². The average molecular weight is 142 g/mol. The van der Waals surface area contributed by atoms with E-state index in [4.69, 9.17) is 4.79 Å². The van der Waals surface area contributed by atoms with Crippen LogP contribution >= 0.6 is 0 Å². The van der Waals surface area contributed by atoms with Gasteiger partial charge in [0.05, 0.1) is 0 Å². The van der Waals surface area contributed by atoms with E-state index in [1.54, 1.807) is 0 Å². The molecule has 0 aliphatic heterocycles. The van der Waals surface area contributed by atoms with Gasteiger partial charge in [0.25, 0.3) is 0 Å². The highest BCUT2D eigenvalue weighted by Crippen LogP contribution is 2.21. The Kier molecular flexibility index (Phi) is 6.03. The SMILES string of the molecule is C=O.O=CC1CCCCC1. The number of hydrogen-bond donors (Lipinski definition) is 0. The van der Waals surface area contributed by atoms with Crippen LogP contribution in [0.25, 0.3) is 0 Å². The van der Waals surface area contributed by atoms with E-state index in [1.807, 2.05) is 6.79 Å². The highest BCUT2D eigenvalue weighted by molar-refractivity contribution is 5.53. The molecule has 1 fully saturated rings. The summed E-state index contributed by atoms with van der Waals surface area (Å²) in [4.78, 5) is 18.2. The molecule has 0 aromatic rings. The summed E-state index contributed by atoms with van der Waals surface area (Å²) in [6.45, 7) is 2.00. The Morgan fingerprint density at radius 1 is 1.10 bits per heavy atom. The van der Waals surface area contributed by atoms with Gasteiger partial charge in [0.1, 0.15) is 13.1 Å². The molecular formula is C8H14O2. The van der Waals surface area contributed by atoms with Crippen LogP contribution in [0.3, 0.4) is 0 Å². The van der Waals surface area contributed by atoms with Crippen molar-refractivity contribution in [3.05, 3.63) is 0 Å². The molecule has 58 valence electrons. The minimum Gasteiger partial charge on any atom is -0.307 e. The summed E-state index contributed by atoms with van der Waals surface area (Å²) in [5.74, 6) is 0.406. The van der Waals surface area contributed by atoms with Crippen molar-refractivity contribution in [2.75, 3.05) is 0 Å². The minimum atomic E-state index is 0.406. The quantitative estimate of drug-likeness (QED) is 0.521. The molecule has 10 heavy (non-hydrogen) atoms. The maximum Gasteiger partial charge on any atom is 0.123 e. The molecule has 0 spiro atoms. The first-order valence-electron chi connectivity index (χ1n) is 3.67. The molecular weight excluding hydrogens is 128 g/mol. The van der Waals surface area contributed by atoms with Crippen molar-refractivity contribution < 1.29 is 9.59 Å². The minimum absolute atomic E-state index is 0.406. The molecule has 0 amide bonds. The molecule has 0 heterocycles. The molecule has 2 nitrogen and oxygen atoms in total. The first kappa shape index (κ1) is 9.34. The van der Waals surface area contributed by atoms with Crippen LogP contribution in [-0.4, -0.2) is 13.1 Å². The van der Waals surface area contributed by atoms with Crippen molar-refractivity contribution in [3.8, 4) is 0 Å². The predicted molar refractivity (Wildman–Crippen MR) is 39.8 cm³/mol. The summed E-state index contributed by atoms with van der Waals surface area (Å²) >= 11 is 0. The van der Waals surface area contributed by atoms with Gasteiger partial charge in [-0.15, -0.1) is 0 Å². The number of rotatable bonds is 1. The molecule has 1 rings (SSSR count). The molecule has 1 saturated carbocycles. The summed E-state index contributed by atoms with van der Waals surface area (Å²) in [6, 6.07) is 0. The zero-order chi connectivity index (χ0) is 7.82. The van der Waals surface area contributed by atoms with Gasteiger partial charge in [-0.2, -0.15) is 0 Å².